The van der Waals surface area contributed by atoms with E-state index >= 15 is 0 Å². The van der Waals surface area contributed by atoms with Gasteiger partial charge >= 0.3 is 6.09 Å². The number of hydrogen-bond donors (Lipinski definition) is 5. The number of Topliss-reactive ketones (excluding diaryl/α,β-unsaturated/α-hetero) is 1. The number of nitrogens with one attached hydrogen (secondary N) is 3. The Morgan fingerprint density at radius 1 is 0.879 bits per heavy atom. The third-order valence-electron chi connectivity index (χ3n) is 5.09. The molecule has 0 aliphatic carbocycles. The van der Waals surface area contributed by atoms with Crippen LogP contribution in [-0.4, -0.2) is 52.8 Å². The Morgan fingerprint density at radius 3 is 1.79 bits per heavy atom. The van der Waals surface area contributed by atoms with Gasteiger partial charge in [-0.3, -0.25) is 19.2 Å². The summed E-state index contributed by atoms with van der Waals surface area (Å²) in [4.78, 5) is 61.0. The van der Waals surface area contributed by atoms with Crippen LogP contribution in [0.3, 0.4) is 0 Å². The molecule has 0 radical (unpaired) electrons. The Kier molecular flexibility index (Phi) is 11.5. The van der Waals surface area contributed by atoms with Crippen LogP contribution in [0.15, 0.2) is 0 Å². The highest BCUT2D eigenvalue weighted by molar-refractivity contribution is 6.37. The van der Waals surface area contributed by atoms with Gasteiger partial charge in [-0.2, -0.15) is 0 Å². The molecule has 10 heteroatoms. The van der Waals surface area contributed by atoms with E-state index in [0.717, 1.165) is 0 Å². The summed E-state index contributed by atoms with van der Waals surface area (Å²) in [6.45, 7) is 15.1. The summed E-state index contributed by atoms with van der Waals surface area (Å²) >= 11 is 0. The second-order valence-corrected chi connectivity index (χ2v) is 10.9. The molecule has 0 saturated carbocycles. The maximum atomic E-state index is 13.2. The lowest BCUT2D eigenvalue weighted by Gasteiger charge is -2.38. The highest BCUT2D eigenvalue weighted by Gasteiger charge is 2.40. The van der Waals surface area contributed by atoms with Gasteiger partial charge in [-0.15, -0.1) is 0 Å². The largest absolute Gasteiger partial charge is 0.465 e. The molecule has 33 heavy (non-hydrogen) atoms. The van der Waals surface area contributed by atoms with Gasteiger partial charge in [-0.1, -0.05) is 61.8 Å². The van der Waals surface area contributed by atoms with E-state index in [1.54, 1.807) is 20.8 Å². The van der Waals surface area contributed by atoms with E-state index in [9.17, 15) is 29.1 Å². The average Bonchev–Trinajstić information content (AvgIpc) is 2.61. The first-order chi connectivity index (χ1) is 14.9. The highest BCUT2D eigenvalue weighted by atomic mass is 16.4. The van der Waals surface area contributed by atoms with Crippen LogP contribution in [0.4, 0.5) is 4.79 Å². The monoisotopic (exact) mass is 470 g/mol. The number of nitrogens with two attached hydrogens (primary N) is 1. The van der Waals surface area contributed by atoms with Gasteiger partial charge in [0.05, 0.1) is 6.04 Å². The van der Waals surface area contributed by atoms with E-state index in [2.05, 4.69) is 16.0 Å². The summed E-state index contributed by atoms with van der Waals surface area (Å²) in [5.74, 6) is -3.32. The summed E-state index contributed by atoms with van der Waals surface area (Å²) in [5.41, 5.74) is 4.15. The number of primary amides is 1. The van der Waals surface area contributed by atoms with Gasteiger partial charge < -0.3 is 26.8 Å². The Bertz CT molecular complexity index is 727. The molecule has 3 atom stereocenters. The maximum absolute atomic E-state index is 13.2. The van der Waals surface area contributed by atoms with Gasteiger partial charge in [0.15, 0.2) is 0 Å². The van der Waals surface area contributed by atoms with Crippen molar-refractivity contribution in [3.05, 3.63) is 0 Å². The fourth-order valence-electron chi connectivity index (χ4n) is 4.17. The predicted octanol–water partition coefficient (Wildman–Crippen LogP) is 1.96. The van der Waals surface area contributed by atoms with E-state index in [1.807, 2.05) is 34.6 Å². The van der Waals surface area contributed by atoms with Crippen molar-refractivity contribution in [2.75, 3.05) is 0 Å². The van der Waals surface area contributed by atoms with Gasteiger partial charge in [0.25, 0.3) is 5.91 Å². The molecule has 10 nitrogen and oxygen atoms in total. The minimum Gasteiger partial charge on any atom is -0.465 e. The lowest BCUT2D eigenvalue weighted by atomic mass is 9.71. The molecule has 0 spiro atoms. The number of carboxylic acid groups (broad SMARTS) is 1. The quantitative estimate of drug-likeness (QED) is 0.258. The molecule has 0 aromatic heterocycles. The van der Waals surface area contributed by atoms with Gasteiger partial charge in [-0.05, 0) is 36.0 Å². The van der Waals surface area contributed by atoms with Crippen LogP contribution in [0.1, 0.15) is 81.1 Å². The standard InChI is InChI=1S/C23H42N4O6/c1-9-10-14(16(28)18(24)29)25-19(30)15(11-13(2)3)26-20(31)17(27-21(32)33)23(7,8)12-22(4,5)6/h13-15,17,27H,9-12H2,1-8H3,(H2,24,29)(H,25,30)(H,26,31)(H,32,33)/t14?,15-,17?/m0/s1. The first kappa shape index (κ1) is 30.4. The van der Waals surface area contributed by atoms with E-state index in [-0.39, 0.29) is 24.2 Å². The molecule has 0 saturated heterocycles. The molecule has 6 N–H and O–H groups in total. The maximum Gasteiger partial charge on any atom is 0.405 e. The van der Waals surface area contributed by atoms with Crippen molar-refractivity contribution in [3.8, 4) is 0 Å². The molecular formula is C23H42N4O6. The van der Waals surface area contributed by atoms with Crippen molar-refractivity contribution in [1.29, 1.82) is 0 Å². The van der Waals surface area contributed by atoms with Crippen LogP contribution in [0.25, 0.3) is 0 Å². The third kappa shape index (κ3) is 11.2. The topological polar surface area (TPSA) is 168 Å². The Morgan fingerprint density at radius 2 is 1.39 bits per heavy atom. The fourth-order valence-corrected chi connectivity index (χ4v) is 4.17. The van der Waals surface area contributed by atoms with Gasteiger partial charge in [-0.25, -0.2) is 4.79 Å². The number of carbonyl (C=O) groups excluding carboxylic acids is 4. The van der Waals surface area contributed by atoms with E-state index in [0.29, 0.717) is 12.8 Å². The molecule has 0 bridgehead atoms. The zero-order valence-electron chi connectivity index (χ0n) is 21.2. The lowest BCUT2D eigenvalue weighted by molar-refractivity contribution is -0.139. The molecule has 0 aliphatic heterocycles. The van der Waals surface area contributed by atoms with Gasteiger partial charge in [0, 0.05) is 0 Å². The van der Waals surface area contributed by atoms with Gasteiger partial charge in [0.2, 0.25) is 17.6 Å². The number of hydrogen-bond acceptors (Lipinski definition) is 5. The van der Waals surface area contributed by atoms with Crippen molar-refractivity contribution in [2.24, 2.45) is 22.5 Å². The summed E-state index contributed by atoms with van der Waals surface area (Å²) < 4.78 is 0. The fraction of sp³-hybridized carbons (Fsp3) is 0.783. The van der Waals surface area contributed by atoms with E-state index in [4.69, 9.17) is 5.73 Å². The summed E-state index contributed by atoms with van der Waals surface area (Å²) in [6.07, 6.45) is 0.178. The van der Waals surface area contributed by atoms with E-state index < -0.39 is 53.1 Å². The second-order valence-electron chi connectivity index (χ2n) is 10.9. The average molecular weight is 471 g/mol. The van der Waals surface area contributed by atoms with Crippen molar-refractivity contribution in [2.45, 2.75) is 99.2 Å². The number of amides is 4. The number of carbonyl (C=O) groups is 5. The first-order valence-corrected chi connectivity index (χ1v) is 11.3. The minimum atomic E-state index is -1.35. The van der Waals surface area contributed by atoms with Gasteiger partial charge in [0.1, 0.15) is 12.1 Å². The Hall–Kier alpha value is -2.65. The van der Waals surface area contributed by atoms with Crippen molar-refractivity contribution < 1.29 is 29.1 Å². The van der Waals surface area contributed by atoms with Crippen LogP contribution in [0.5, 0.6) is 0 Å². The molecule has 0 fully saturated rings. The molecule has 0 heterocycles. The van der Waals surface area contributed by atoms with Crippen LogP contribution >= 0.6 is 0 Å². The van der Waals surface area contributed by atoms with Crippen LogP contribution in [0, 0.1) is 16.7 Å². The molecule has 190 valence electrons. The zero-order valence-corrected chi connectivity index (χ0v) is 21.2. The lowest BCUT2D eigenvalue weighted by Crippen LogP contribution is -2.60. The smallest absolute Gasteiger partial charge is 0.405 e. The minimum absolute atomic E-state index is 0.00554. The Labute approximate surface area is 196 Å². The Balaban J connectivity index is 5.83. The first-order valence-electron chi connectivity index (χ1n) is 11.3. The SMILES string of the molecule is CCCC(NC(=O)[C@H](CC(C)C)NC(=O)C(NC(=O)O)C(C)(C)CC(C)(C)C)C(=O)C(N)=O. The molecular weight excluding hydrogens is 428 g/mol. The summed E-state index contributed by atoms with van der Waals surface area (Å²) in [7, 11) is 0. The number of ketones is 1. The molecule has 4 amide bonds. The highest BCUT2D eigenvalue weighted by Crippen LogP contribution is 2.36. The predicted molar refractivity (Wildman–Crippen MR) is 125 cm³/mol. The van der Waals surface area contributed by atoms with Crippen LogP contribution < -0.4 is 21.7 Å². The van der Waals surface area contributed by atoms with E-state index in [1.165, 1.54) is 0 Å². The van der Waals surface area contributed by atoms with Crippen LogP contribution in [0.2, 0.25) is 0 Å². The molecule has 0 rings (SSSR count). The molecule has 2 unspecified atom stereocenters. The number of rotatable bonds is 13. The molecule has 0 aromatic rings. The third-order valence-corrected chi connectivity index (χ3v) is 5.09. The van der Waals surface area contributed by atoms with Crippen molar-refractivity contribution in [3.63, 3.8) is 0 Å². The molecule has 0 aromatic carbocycles. The second kappa shape index (κ2) is 12.6. The normalized spacial score (nSPS) is 14.7. The zero-order chi connectivity index (χ0) is 26.1. The van der Waals surface area contributed by atoms with Crippen LogP contribution in [-0.2, 0) is 19.2 Å². The summed E-state index contributed by atoms with van der Waals surface area (Å²) in [5, 5.41) is 16.8. The van der Waals surface area contributed by atoms with Crippen molar-refractivity contribution >= 4 is 29.6 Å². The summed E-state index contributed by atoms with van der Waals surface area (Å²) in [6, 6.07) is -3.23. The molecule has 0 aliphatic rings. The van der Waals surface area contributed by atoms with Crippen molar-refractivity contribution in [1.82, 2.24) is 16.0 Å².